The Balaban J connectivity index is 1.35. The predicted molar refractivity (Wildman–Crippen MR) is 147 cm³/mol. The van der Waals surface area contributed by atoms with Crippen molar-refractivity contribution in [1.82, 2.24) is 9.80 Å². The number of anilines is 1. The van der Waals surface area contributed by atoms with Crippen LogP contribution < -0.4 is 14.8 Å². The van der Waals surface area contributed by atoms with E-state index in [1.165, 1.54) is 0 Å². The smallest absolute Gasteiger partial charge is 0.322 e. The first kappa shape index (κ1) is 26.1. The molecule has 2 aliphatic rings. The number of para-hydroxylation sites is 1. The van der Waals surface area contributed by atoms with Gasteiger partial charge in [0.05, 0.1) is 12.6 Å². The third-order valence-electron chi connectivity index (χ3n) is 6.86. The Morgan fingerprint density at radius 1 is 1.00 bits per heavy atom. The molecule has 8 nitrogen and oxygen atoms in total. The molecule has 3 amide bonds. The number of amides is 3. The predicted octanol–water partition coefficient (Wildman–Crippen LogP) is 5.34. The maximum atomic E-state index is 13.8. The summed E-state index contributed by atoms with van der Waals surface area (Å²) in [6.45, 7) is 5.96. The van der Waals surface area contributed by atoms with Crippen LogP contribution in [-0.2, 0) is 22.6 Å². The number of rotatable bonds is 9. The summed E-state index contributed by atoms with van der Waals surface area (Å²) in [7, 11) is 0. The highest BCUT2D eigenvalue weighted by Crippen LogP contribution is 2.33. The zero-order valence-electron chi connectivity index (χ0n) is 21.8. The number of carbonyl (C=O) groups excluding carboxylic acids is 2. The largest absolute Gasteiger partial charge is 0.454 e. The zero-order chi connectivity index (χ0) is 26.5. The average molecular weight is 536 g/mol. The molecule has 2 aromatic carbocycles. The Kier molecular flexibility index (Phi) is 8.14. The van der Waals surface area contributed by atoms with Crippen LogP contribution in [0.1, 0.15) is 34.4 Å². The molecule has 9 heteroatoms. The second kappa shape index (κ2) is 11.9. The quantitative estimate of drug-likeness (QED) is 0.400. The van der Waals surface area contributed by atoms with E-state index in [0.717, 1.165) is 40.1 Å². The first-order valence-corrected chi connectivity index (χ1v) is 13.8. The van der Waals surface area contributed by atoms with Crippen molar-refractivity contribution in [2.75, 3.05) is 31.8 Å². The number of fused-ring (bicyclic) bond motifs is 1. The SMILES string of the molecule is Cc1cccc(C)c1NC(=O)N(CC(=O)N(Cc1ccc2c(c1)OCO2)Cc1cccs1)CC1CCCO1. The lowest BCUT2D eigenvalue weighted by molar-refractivity contribution is -0.133. The van der Waals surface area contributed by atoms with E-state index in [4.69, 9.17) is 14.2 Å². The number of nitrogens with zero attached hydrogens (tertiary/aromatic N) is 2. The number of aryl methyl sites for hydroxylation is 2. The molecule has 1 unspecified atom stereocenters. The Hall–Kier alpha value is -3.56. The fourth-order valence-electron chi connectivity index (χ4n) is 4.80. The Morgan fingerprint density at radius 2 is 1.82 bits per heavy atom. The van der Waals surface area contributed by atoms with E-state index in [1.54, 1.807) is 21.1 Å². The van der Waals surface area contributed by atoms with Gasteiger partial charge >= 0.3 is 6.03 Å². The summed E-state index contributed by atoms with van der Waals surface area (Å²) in [5.41, 5.74) is 3.66. The molecular formula is C29H33N3O5S. The van der Waals surface area contributed by atoms with Crippen LogP contribution in [0.5, 0.6) is 11.5 Å². The lowest BCUT2D eigenvalue weighted by Crippen LogP contribution is -2.47. The van der Waals surface area contributed by atoms with E-state index in [0.29, 0.717) is 37.7 Å². The maximum absolute atomic E-state index is 13.8. The van der Waals surface area contributed by atoms with E-state index >= 15 is 0 Å². The van der Waals surface area contributed by atoms with Crippen LogP contribution in [0.4, 0.5) is 10.5 Å². The van der Waals surface area contributed by atoms with Gasteiger partial charge in [-0.2, -0.15) is 0 Å². The molecule has 1 atom stereocenters. The van der Waals surface area contributed by atoms with Crippen molar-refractivity contribution in [3.63, 3.8) is 0 Å². The monoisotopic (exact) mass is 535 g/mol. The lowest BCUT2D eigenvalue weighted by atomic mass is 10.1. The highest BCUT2D eigenvalue weighted by atomic mass is 32.1. The molecule has 1 N–H and O–H groups in total. The standard InChI is InChI=1S/C29H33N3O5S/c1-20-6-3-7-21(2)28(20)30-29(34)32(16-23-8-4-12-35-23)18-27(33)31(17-24-9-5-13-38-24)15-22-10-11-25-26(14-22)37-19-36-25/h3,5-7,9-11,13-14,23H,4,8,12,15-19H2,1-2H3,(H,30,34). The van der Waals surface area contributed by atoms with Crippen LogP contribution in [0, 0.1) is 13.8 Å². The van der Waals surface area contributed by atoms with Crippen LogP contribution in [0.15, 0.2) is 53.9 Å². The molecule has 1 aromatic heterocycles. The summed E-state index contributed by atoms with van der Waals surface area (Å²) >= 11 is 1.60. The third-order valence-corrected chi connectivity index (χ3v) is 7.73. The van der Waals surface area contributed by atoms with Crippen molar-refractivity contribution < 1.29 is 23.8 Å². The number of benzene rings is 2. The van der Waals surface area contributed by atoms with Gasteiger partial charge in [-0.1, -0.05) is 30.3 Å². The molecule has 0 bridgehead atoms. The molecule has 2 aliphatic heterocycles. The second-order valence-corrected chi connectivity index (χ2v) is 10.8. The van der Waals surface area contributed by atoms with Gasteiger partial charge in [0, 0.05) is 30.3 Å². The molecule has 0 spiro atoms. The van der Waals surface area contributed by atoms with E-state index in [2.05, 4.69) is 5.32 Å². The van der Waals surface area contributed by atoms with Crippen LogP contribution in [0.3, 0.4) is 0 Å². The van der Waals surface area contributed by atoms with Crippen molar-refractivity contribution >= 4 is 29.0 Å². The highest BCUT2D eigenvalue weighted by Gasteiger charge is 2.27. The van der Waals surface area contributed by atoms with E-state index in [-0.39, 0.29) is 31.4 Å². The van der Waals surface area contributed by atoms with Gasteiger partial charge in [0.25, 0.3) is 0 Å². The van der Waals surface area contributed by atoms with E-state index in [9.17, 15) is 9.59 Å². The van der Waals surface area contributed by atoms with Gasteiger partial charge in [0.1, 0.15) is 6.54 Å². The minimum absolute atomic E-state index is 0.0491. The fraction of sp³-hybridized carbons (Fsp3) is 0.379. The minimum atomic E-state index is -0.301. The molecular weight excluding hydrogens is 502 g/mol. The Morgan fingerprint density at radius 3 is 2.55 bits per heavy atom. The van der Waals surface area contributed by atoms with E-state index in [1.807, 2.05) is 67.8 Å². The van der Waals surface area contributed by atoms with Crippen LogP contribution in [-0.4, -0.2) is 54.3 Å². The first-order chi connectivity index (χ1) is 18.5. The number of thiophene rings is 1. The highest BCUT2D eigenvalue weighted by molar-refractivity contribution is 7.09. The normalized spacial score (nSPS) is 15.9. The number of hydrogen-bond acceptors (Lipinski definition) is 6. The molecule has 0 aliphatic carbocycles. The molecule has 200 valence electrons. The summed E-state index contributed by atoms with van der Waals surface area (Å²) in [5, 5.41) is 5.05. The van der Waals surface area contributed by atoms with Gasteiger partial charge < -0.3 is 29.3 Å². The fourth-order valence-corrected chi connectivity index (χ4v) is 5.52. The summed E-state index contributed by atoms with van der Waals surface area (Å²) in [5.74, 6) is 1.25. The van der Waals surface area contributed by atoms with Gasteiger partial charge in [-0.15, -0.1) is 11.3 Å². The molecule has 3 aromatic rings. The molecule has 5 rings (SSSR count). The Bertz CT molecular complexity index is 1250. The van der Waals surface area contributed by atoms with Crippen LogP contribution in [0.25, 0.3) is 0 Å². The van der Waals surface area contributed by atoms with Gasteiger partial charge in [-0.3, -0.25) is 4.79 Å². The van der Waals surface area contributed by atoms with Crippen molar-refractivity contribution in [3.8, 4) is 11.5 Å². The second-order valence-electron chi connectivity index (χ2n) is 9.73. The number of urea groups is 1. The number of carbonyl (C=O) groups is 2. The zero-order valence-corrected chi connectivity index (χ0v) is 22.6. The van der Waals surface area contributed by atoms with Gasteiger partial charge in [-0.25, -0.2) is 4.79 Å². The van der Waals surface area contributed by atoms with Crippen LogP contribution >= 0.6 is 11.3 Å². The lowest BCUT2D eigenvalue weighted by Gasteiger charge is -2.29. The summed E-state index contributed by atoms with van der Waals surface area (Å²) in [6.07, 6.45) is 1.75. The molecule has 1 saturated heterocycles. The number of hydrogen-bond donors (Lipinski definition) is 1. The molecule has 0 radical (unpaired) electrons. The molecule has 3 heterocycles. The summed E-state index contributed by atoms with van der Waals surface area (Å²) < 4.78 is 16.8. The minimum Gasteiger partial charge on any atom is -0.454 e. The topological polar surface area (TPSA) is 80.3 Å². The molecule has 0 saturated carbocycles. The summed E-state index contributed by atoms with van der Waals surface area (Å²) in [6, 6.07) is 15.3. The van der Waals surface area contributed by atoms with Crippen molar-refractivity contribution in [2.45, 2.75) is 45.9 Å². The first-order valence-electron chi connectivity index (χ1n) is 12.9. The average Bonchev–Trinajstić information content (AvgIpc) is 3.68. The van der Waals surface area contributed by atoms with Crippen molar-refractivity contribution in [1.29, 1.82) is 0 Å². The number of ether oxygens (including phenoxy) is 3. The summed E-state index contributed by atoms with van der Waals surface area (Å²) in [4.78, 5) is 31.8. The molecule has 38 heavy (non-hydrogen) atoms. The van der Waals surface area contributed by atoms with Crippen LogP contribution in [0.2, 0.25) is 0 Å². The van der Waals surface area contributed by atoms with Gasteiger partial charge in [0.15, 0.2) is 11.5 Å². The van der Waals surface area contributed by atoms with E-state index < -0.39 is 0 Å². The molecule has 1 fully saturated rings. The van der Waals surface area contributed by atoms with Gasteiger partial charge in [0.2, 0.25) is 12.7 Å². The maximum Gasteiger partial charge on any atom is 0.322 e. The Labute approximate surface area is 227 Å². The van der Waals surface area contributed by atoms with Crippen molar-refractivity contribution in [2.24, 2.45) is 0 Å². The number of nitrogens with one attached hydrogen (secondary N) is 1. The van der Waals surface area contributed by atoms with Gasteiger partial charge in [-0.05, 0) is 67.0 Å². The third kappa shape index (κ3) is 6.28. The van der Waals surface area contributed by atoms with Crippen molar-refractivity contribution in [3.05, 3.63) is 75.5 Å².